The van der Waals surface area contributed by atoms with E-state index in [-0.39, 0.29) is 24.0 Å². The maximum atomic E-state index is 14.5. The van der Waals surface area contributed by atoms with Crippen molar-refractivity contribution in [3.05, 3.63) is 23.3 Å². The lowest BCUT2D eigenvalue weighted by molar-refractivity contribution is -0.135. The lowest BCUT2D eigenvalue weighted by Gasteiger charge is -2.37. The third-order valence-electron chi connectivity index (χ3n) is 8.69. The first kappa shape index (κ1) is 24.5. The van der Waals surface area contributed by atoms with Gasteiger partial charge in [-0.3, -0.25) is 4.79 Å². The summed E-state index contributed by atoms with van der Waals surface area (Å²) in [5.74, 6) is 0.258. The molecule has 0 radical (unpaired) electrons. The molecule has 0 amide bonds. The van der Waals surface area contributed by atoms with Crippen LogP contribution in [-0.4, -0.2) is 12.1 Å². The molecule has 1 aliphatic heterocycles. The molecule has 4 rings (SSSR count). The largest absolute Gasteiger partial charge is 0.487 e. The zero-order valence-corrected chi connectivity index (χ0v) is 20.3. The smallest absolute Gasteiger partial charge is 0.311 e. The van der Waals surface area contributed by atoms with Gasteiger partial charge >= 0.3 is 5.97 Å². The summed E-state index contributed by atoms with van der Waals surface area (Å²) in [6.07, 6.45) is 14.8. The second kappa shape index (κ2) is 11.2. The highest BCUT2D eigenvalue weighted by Gasteiger charge is 2.31. The van der Waals surface area contributed by atoms with Crippen molar-refractivity contribution in [3.63, 3.8) is 0 Å². The fraction of sp³-hybridized carbons (Fsp3) is 0.750. The Labute approximate surface area is 197 Å². The van der Waals surface area contributed by atoms with Crippen molar-refractivity contribution in [3.8, 4) is 11.5 Å². The molecule has 2 saturated carbocycles. The first-order valence-electron chi connectivity index (χ1n) is 13.4. The van der Waals surface area contributed by atoms with E-state index in [9.17, 15) is 13.6 Å². The summed E-state index contributed by atoms with van der Waals surface area (Å²) in [6.45, 7) is 4.28. The normalized spacial score (nSPS) is 29.8. The molecule has 0 saturated heterocycles. The van der Waals surface area contributed by atoms with Crippen LogP contribution in [0, 0.1) is 35.3 Å². The van der Waals surface area contributed by atoms with Gasteiger partial charge in [0.15, 0.2) is 11.5 Å². The highest BCUT2D eigenvalue weighted by molar-refractivity contribution is 5.72. The van der Waals surface area contributed by atoms with Gasteiger partial charge in [0.05, 0.1) is 6.10 Å². The van der Waals surface area contributed by atoms with Gasteiger partial charge in [-0.25, -0.2) is 0 Å². The summed E-state index contributed by atoms with van der Waals surface area (Å²) in [7, 11) is 0. The number of fused-ring (bicyclic) bond motifs is 1. The predicted molar refractivity (Wildman–Crippen MR) is 125 cm³/mol. The Morgan fingerprint density at radius 3 is 2.15 bits per heavy atom. The number of rotatable bonds is 7. The summed E-state index contributed by atoms with van der Waals surface area (Å²) in [6, 6.07) is 1.44. The van der Waals surface area contributed by atoms with E-state index in [1.165, 1.54) is 63.9 Å². The van der Waals surface area contributed by atoms with E-state index < -0.39 is 17.6 Å². The minimum absolute atomic E-state index is 0.0228. The monoisotopic (exact) mass is 462 g/mol. The molecule has 5 heteroatoms. The highest BCUT2D eigenvalue weighted by Crippen LogP contribution is 2.43. The molecule has 0 spiro atoms. The number of esters is 1. The molecule has 33 heavy (non-hydrogen) atoms. The standard InChI is InChI=1S/C28H40F2O3/c1-3-18-5-10-20(11-6-18)21-12-7-19(8-13-21)9-16-25(31)33-24-17-22-14-15-23(4-2)32-28(22)27(30)26(24)29/h17-21,23H,3-16H2,1-2H3. The Morgan fingerprint density at radius 2 is 1.55 bits per heavy atom. The van der Waals surface area contributed by atoms with Crippen LogP contribution < -0.4 is 9.47 Å². The lowest BCUT2D eigenvalue weighted by Crippen LogP contribution is -2.26. The number of benzene rings is 1. The van der Waals surface area contributed by atoms with E-state index in [4.69, 9.17) is 9.47 Å². The molecule has 2 aliphatic carbocycles. The van der Waals surface area contributed by atoms with Crippen molar-refractivity contribution in [1.29, 1.82) is 0 Å². The van der Waals surface area contributed by atoms with Gasteiger partial charge in [0.2, 0.25) is 11.6 Å². The van der Waals surface area contributed by atoms with Gasteiger partial charge in [-0.2, -0.15) is 8.78 Å². The topological polar surface area (TPSA) is 35.5 Å². The van der Waals surface area contributed by atoms with E-state index >= 15 is 0 Å². The van der Waals surface area contributed by atoms with Crippen molar-refractivity contribution >= 4 is 5.97 Å². The summed E-state index contributed by atoms with van der Waals surface area (Å²) in [5.41, 5.74) is 0.577. The molecule has 3 nitrogen and oxygen atoms in total. The van der Waals surface area contributed by atoms with Crippen molar-refractivity contribution in [2.75, 3.05) is 0 Å². The first-order valence-corrected chi connectivity index (χ1v) is 13.4. The van der Waals surface area contributed by atoms with E-state index in [1.807, 2.05) is 6.92 Å². The van der Waals surface area contributed by atoms with Crippen molar-refractivity contribution in [1.82, 2.24) is 0 Å². The Balaban J connectivity index is 1.23. The average Bonchev–Trinajstić information content (AvgIpc) is 2.86. The van der Waals surface area contributed by atoms with Crippen LogP contribution in [-0.2, 0) is 11.2 Å². The molecule has 0 N–H and O–H groups in total. The SMILES string of the molecule is CCC1CCC(C2CCC(CCC(=O)Oc3cc4c(c(F)c3F)OC(CC)CC4)CC2)CC1. The zero-order valence-electron chi connectivity index (χ0n) is 20.3. The van der Waals surface area contributed by atoms with Crippen LogP contribution >= 0.6 is 0 Å². The third kappa shape index (κ3) is 5.89. The number of ether oxygens (including phenoxy) is 2. The fourth-order valence-corrected chi connectivity index (χ4v) is 6.36. The predicted octanol–water partition coefficient (Wildman–Crippen LogP) is 7.78. The van der Waals surface area contributed by atoms with Gasteiger partial charge in [0.25, 0.3) is 0 Å². The van der Waals surface area contributed by atoms with Gasteiger partial charge in [-0.15, -0.1) is 0 Å². The van der Waals surface area contributed by atoms with Gasteiger partial charge in [0, 0.05) is 12.0 Å². The average molecular weight is 463 g/mol. The number of aryl methyl sites for hydroxylation is 1. The fourth-order valence-electron chi connectivity index (χ4n) is 6.36. The van der Waals surface area contributed by atoms with Crippen LogP contribution in [0.3, 0.4) is 0 Å². The Morgan fingerprint density at radius 1 is 0.909 bits per heavy atom. The quantitative estimate of drug-likeness (QED) is 0.307. The van der Waals surface area contributed by atoms with Crippen molar-refractivity contribution < 1.29 is 23.0 Å². The van der Waals surface area contributed by atoms with Crippen LogP contribution in [0.25, 0.3) is 0 Å². The van der Waals surface area contributed by atoms with E-state index in [2.05, 4.69) is 6.92 Å². The molecule has 1 atom stereocenters. The van der Waals surface area contributed by atoms with Gasteiger partial charge in [-0.05, 0) is 81.1 Å². The molecule has 0 aromatic heterocycles. The van der Waals surface area contributed by atoms with Gasteiger partial charge < -0.3 is 9.47 Å². The van der Waals surface area contributed by atoms with Crippen LogP contribution in [0.2, 0.25) is 0 Å². The van der Waals surface area contributed by atoms with Crippen LogP contribution in [0.4, 0.5) is 8.78 Å². The van der Waals surface area contributed by atoms with E-state index in [0.717, 1.165) is 37.0 Å². The van der Waals surface area contributed by atoms with Crippen LogP contribution in [0.1, 0.15) is 103 Å². The summed E-state index contributed by atoms with van der Waals surface area (Å²) in [5, 5.41) is 0. The minimum Gasteiger partial charge on any atom is -0.487 e. The second-order valence-electron chi connectivity index (χ2n) is 10.7. The Hall–Kier alpha value is -1.65. The third-order valence-corrected chi connectivity index (χ3v) is 8.69. The summed E-state index contributed by atoms with van der Waals surface area (Å²) < 4.78 is 39.9. The van der Waals surface area contributed by atoms with Crippen LogP contribution in [0.15, 0.2) is 6.07 Å². The number of halogens is 2. The molecular formula is C28H40F2O3. The Bertz CT molecular complexity index is 808. The lowest BCUT2D eigenvalue weighted by atomic mass is 9.68. The molecular weight excluding hydrogens is 422 g/mol. The molecule has 1 heterocycles. The maximum Gasteiger partial charge on any atom is 0.311 e. The second-order valence-corrected chi connectivity index (χ2v) is 10.7. The number of hydrogen-bond acceptors (Lipinski definition) is 3. The number of carbonyl (C=O) groups is 1. The zero-order chi connectivity index (χ0) is 23.4. The van der Waals surface area contributed by atoms with Crippen LogP contribution in [0.5, 0.6) is 11.5 Å². The summed E-state index contributed by atoms with van der Waals surface area (Å²) in [4.78, 5) is 12.4. The molecule has 3 aliphatic rings. The molecule has 2 fully saturated rings. The molecule has 1 unspecified atom stereocenters. The van der Waals surface area contributed by atoms with Gasteiger partial charge in [-0.1, -0.05) is 46.0 Å². The van der Waals surface area contributed by atoms with Crippen molar-refractivity contribution in [2.24, 2.45) is 23.7 Å². The molecule has 0 bridgehead atoms. The molecule has 1 aromatic rings. The van der Waals surface area contributed by atoms with Crippen molar-refractivity contribution in [2.45, 2.75) is 110 Å². The maximum absolute atomic E-state index is 14.5. The first-order chi connectivity index (χ1) is 16.0. The number of hydrogen-bond donors (Lipinski definition) is 0. The van der Waals surface area contributed by atoms with Gasteiger partial charge in [0.1, 0.15) is 0 Å². The minimum atomic E-state index is -1.13. The molecule has 184 valence electrons. The summed E-state index contributed by atoms with van der Waals surface area (Å²) >= 11 is 0. The van der Waals surface area contributed by atoms with E-state index in [0.29, 0.717) is 17.9 Å². The highest BCUT2D eigenvalue weighted by atomic mass is 19.2. The Kier molecular flexibility index (Phi) is 8.29. The molecule has 1 aromatic carbocycles. The number of carbonyl (C=O) groups excluding carboxylic acids is 1. The van der Waals surface area contributed by atoms with E-state index in [1.54, 1.807) is 0 Å².